The van der Waals surface area contributed by atoms with Crippen molar-refractivity contribution in [1.29, 1.82) is 0 Å². The monoisotopic (exact) mass is 480 g/mol. The fourth-order valence-corrected chi connectivity index (χ4v) is 5.37. The Balaban J connectivity index is 1.18. The van der Waals surface area contributed by atoms with Gasteiger partial charge < -0.3 is 20.0 Å². The minimum atomic E-state index is -0.369. The van der Waals surface area contributed by atoms with Crippen LogP contribution in [0.15, 0.2) is 30.3 Å². The van der Waals surface area contributed by atoms with E-state index < -0.39 is 0 Å². The number of rotatable bonds is 5. The molecule has 2 amide bonds. The number of hydrogen-bond acceptors (Lipinski definition) is 6. The number of benzene rings is 1. The summed E-state index contributed by atoms with van der Waals surface area (Å²) in [6.07, 6.45) is 6.32. The van der Waals surface area contributed by atoms with Gasteiger partial charge in [-0.25, -0.2) is 9.37 Å². The van der Waals surface area contributed by atoms with E-state index in [2.05, 4.69) is 15.2 Å². The van der Waals surface area contributed by atoms with Gasteiger partial charge in [-0.05, 0) is 44.0 Å². The van der Waals surface area contributed by atoms with E-state index in [0.717, 1.165) is 24.4 Å². The molecule has 3 aliphatic rings. The quantitative estimate of drug-likeness (QED) is 0.707. The predicted octanol–water partition coefficient (Wildman–Crippen LogP) is 3.37. The number of piperazine rings is 1. The summed E-state index contributed by atoms with van der Waals surface area (Å²) in [6.45, 7) is 4.88. The maximum Gasteiger partial charge on any atom is 0.228 e. The van der Waals surface area contributed by atoms with Gasteiger partial charge in [-0.2, -0.15) is 4.98 Å². The number of anilines is 3. The lowest BCUT2D eigenvalue weighted by Crippen LogP contribution is -2.51. The summed E-state index contributed by atoms with van der Waals surface area (Å²) in [5.74, 6) is 0.787. The molecule has 1 N–H and O–H groups in total. The third-order valence-electron chi connectivity index (χ3n) is 7.31. The molecule has 1 saturated carbocycles. The van der Waals surface area contributed by atoms with Gasteiger partial charge in [-0.3, -0.25) is 9.59 Å². The van der Waals surface area contributed by atoms with E-state index in [4.69, 9.17) is 4.98 Å². The van der Waals surface area contributed by atoms with Crippen molar-refractivity contribution in [3.05, 3.63) is 41.8 Å². The fraction of sp³-hybridized carbons (Fsp3) is 0.538. The highest BCUT2D eigenvalue weighted by Gasteiger charge is 2.38. The van der Waals surface area contributed by atoms with Gasteiger partial charge in [0, 0.05) is 62.6 Å². The maximum atomic E-state index is 13.2. The summed E-state index contributed by atoms with van der Waals surface area (Å²) in [6, 6.07) is 8.28. The van der Waals surface area contributed by atoms with Gasteiger partial charge in [0.25, 0.3) is 0 Å². The molecule has 3 heterocycles. The molecule has 1 unspecified atom stereocenters. The van der Waals surface area contributed by atoms with Crippen LogP contribution in [0.2, 0.25) is 0 Å². The number of nitrogens with zero attached hydrogens (tertiary/aromatic N) is 5. The molecule has 0 radical (unpaired) electrons. The van der Waals surface area contributed by atoms with E-state index in [1.54, 1.807) is 17.0 Å². The average Bonchev–Trinajstić information content (AvgIpc) is 3.26. The summed E-state index contributed by atoms with van der Waals surface area (Å²) >= 11 is 0. The largest absolute Gasteiger partial charge is 0.353 e. The zero-order valence-electron chi connectivity index (χ0n) is 20.3. The molecule has 9 heteroatoms. The van der Waals surface area contributed by atoms with Crippen molar-refractivity contribution in [2.75, 3.05) is 47.8 Å². The Labute approximate surface area is 205 Å². The normalized spacial score (nSPS) is 21.5. The van der Waals surface area contributed by atoms with Crippen LogP contribution in [0.3, 0.4) is 0 Å². The Bertz CT molecular complexity index is 1060. The predicted molar refractivity (Wildman–Crippen MR) is 133 cm³/mol. The number of carbonyl (C=O) groups excluding carboxylic acids is 2. The highest BCUT2D eigenvalue weighted by Crippen LogP contribution is 2.28. The number of nitrogens with one attached hydrogen (secondary N) is 1. The molecule has 1 aromatic carbocycles. The second-order valence-corrected chi connectivity index (χ2v) is 9.86. The molecule has 5 rings (SSSR count). The zero-order valence-corrected chi connectivity index (χ0v) is 20.3. The molecule has 1 aliphatic carbocycles. The molecule has 1 aromatic heterocycles. The molecule has 0 bridgehead atoms. The van der Waals surface area contributed by atoms with Crippen molar-refractivity contribution < 1.29 is 14.0 Å². The highest BCUT2D eigenvalue weighted by atomic mass is 19.1. The van der Waals surface area contributed by atoms with Crippen molar-refractivity contribution in [2.24, 2.45) is 5.92 Å². The van der Waals surface area contributed by atoms with Crippen molar-refractivity contribution in [3.8, 4) is 0 Å². The molecule has 1 atom stereocenters. The number of aryl methyl sites for hydroxylation is 1. The van der Waals surface area contributed by atoms with Crippen LogP contribution in [0.25, 0.3) is 0 Å². The molecule has 2 aliphatic heterocycles. The summed E-state index contributed by atoms with van der Waals surface area (Å²) in [5.41, 5.74) is 1.56. The van der Waals surface area contributed by atoms with Gasteiger partial charge in [0.1, 0.15) is 11.6 Å². The van der Waals surface area contributed by atoms with Gasteiger partial charge in [-0.1, -0.05) is 19.3 Å². The first-order chi connectivity index (χ1) is 17.0. The van der Waals surface area contributed by atoms with Crippen LogP contribution in [-0.2, 0) is 9.59 Å². The fourth-order valence-electron chi connectivity index (χ4n) is 5.37. The lowest BCUT2D eigenvalue weighted by molar-refractivity contribution is -0.136. The van der Waals surface area contributed by atoms with Crippen LogP contribution >= 0.6 is 0 Å². The summed E-state index contributed by atoms with van der Waals surface area (Å²) in [5, 5.41) is 3.52. The third kappa shape index (κ3) is 5.39. The van der Waals surface area contributed by atoms with E-state index in [1.165, 1.54) is 31.4 Å². The first kappa shape index (κ1) is 23.5. The van der Waals surface area contributed by atoms with E-state index in [1.807, 2.05) is 17.9 Å². The smallest absolute Gasteiger partial charge is 0.228 e. The molecule has 2 saturated heterocycles. The van der Waals surface area contributed by atoms with Crippen LogP contribution in [0, 0.1) is 18.7 Å². The second kappa shape index (κ2) is 10.2. The Morgan fingerprint density at radius 2 is 1.74 bits per heavy atom. The van der Waals surface area contributed by atoms with Gasteiger partial charge in [-0.15, -0.1) is 0 Å². The standard InChI is InChI=1S/C26H33FN6O2/c1-18-15-23(30-26(28-18)29-21-5-3-2-4-6-21)31-11-13-32(14-12-31)25(35)19-16-24(34)33(17-19)22-9-7-20(27)8-10-22/h7-10,15,19,21H,2-6,11-14,16-17H2,1H3,(H,28,29,30). The Morgan fingerprint density at radius 3 is 2.46 bits per heavy atom. The topological polar surface area (TPSA) is 81.7 Å². The van der Waals surface area contributed by atoms with Crippen molar-refractivity contribution >= 4 is 29.3 Å². The van der Waals surface area contributed by atoms with E-state index in [9.17, 15) is 14.0 Å². The van der Waals surface area contributed by atoms with Crippen molar-refractivity contribution in [1.82, 2.24) is 14.9 Å². The second-order valence-electron chi connectivity index (χ2n) is 9.86. The SMILES string of the molecule is Cc1cc(N2CCN(C(=O)C3CC(=O)N(c4ccc(F)cc4)C3)CC2)nc(NC2CCCCC2)n1. The molecule has 35 heavy (non-hydrogen) atoms. The van der Waals surface area contributed by atoms with Crippen LogP contribution in [0.4, 0.5) is 21.8 Å². The first-order valence-corrected chi connectivity index (χ1v) is 12.7. The van der Waals surface area contributed by atoms with Crippen LogP contribution in [0.1, 0.15) is 44.2 Å². The number of hydrogen-bond donors (Lipinski definition) is 1. The molecule has 0 spiro atoms. The van der Waals surface area contributed by atoms with Crippen LogP contribution in [0.5, 0.6) is 0 Å². The molecule has 186 valence electrons. The minimum absolute atomic E-state index is 0.0149. The minimum Gasteiger partial charge on any atom is -0.353 e. The van der Waals surface area contributed by atoms with E-state index >= 15 is 0 Å². The third-order valence-corrected chi connectivity index (χ3v) is 7.31. The summed E-state index contributed by atoms with van der Waals surface area (Å²) in [4.78, 5) is 40.7. The van der Waals surface area contributed by atoms with Crippen LogP contribution < -0.4 is 15.1 Å². The molecular weight excluding hydrogens is 447 g/mol. The zero-order chi connectivity index (χ0) is 24.4. The summed E-state index contributed by atoms with van der Waals surface area (Å²) in [7, 11) is 0. The van der Waals surface area contributed by atoms with Gasteiger partial charge >= 0.3 is 0 Å². The Hall–Kier alpha value is -3.23. The molecular formula is C26H33FN6O2. The van der Waals surface area contributed by atoms with Crippen molar-refractivity contribution in [2.45, 2.75) is 51.5 Å². The van der Waals surface area contributed by atoms with Crippen molar-refractivity contribution in [3.63, 3.8) is 0 Å². The van der Waals surface area contributed by atoms with Gasteiger partial charge in [0.2, 0.25) is 17.8 Å². The Kier molecular flexibility index (Phi) is 6.83. The van der Waals surface area contributed by atoms with Gasteiger partial charge in [0.15, 0.2) is 0 Å². The van der Waals surface area contributed by atoms with E-state index in [-0.39, 0.29) is 30.0 Å². The number of carbonyl (C=O) groups is 2. The van der Waals surface area contributed by atoms with E-state index in [0.29, 0.717) is 50.4 Å². The molecule has 2 aromatic rings. The number of aromatic nitrogens is 2. The lowest BCUT2D eigenvalue weighted by Gasteiger charge is -2.36. The molecule has 8 nitrogen and oxygen atoms in total. The molecule has 3 fully saturated rings. The lowest BCUT2D eigenvalue weighted by atomic mass is 9.96. The van der Waals surface area contributed by atoms with Gasteiger partial charge in [0.05, 0.1) is 5.92 Å². The summed E-state index contributed by atoms with van der Waals surface area (Å²) < 4.78 is 13.2. The maximum absolute atomic E-state index is 13.2. The first-order valence-electron chi connectivity index (χ1n) is 12.7. The number of halogens is 1. The average molecular weight is 481 g/mol. The highest BCUT2D eigenvalue weighted by molar-refractivity contribution is 6.00. The Morgan fingerprint density at radius 1 is 1.03 bits per heavy atom. The van der Waals surface area contributed by atoms with Crippen LogP contribution in [-0.4, -0.2) is 65.4 Å². The number of amides is 2.